The largest absolute Gasteiger partial charge is 0.398 e. The Hall–Kier alpha value is -1.58. The average molecular weight is 162 g/mol. The van der Waals surface area contributed by atoms with Crippen molar-refractivity contribution >= 4 is 16.7 Å². The monoisotopic (exact) mass is 162 g/mol. The minimum Gasteiger partial charge on any atom is -0.398 e. The zero-order chi connectivity index (χ0) is 8.72. The van der Waals surface area contributed by atoms with Crippen LogP contribution in [0.4, 0.5) is 5.69 Å². The number of nitrogen functional groups attached to an aromatic ring is 1. The molecule has 4 heteroatoms. The van der Waals surface area contributed by atoms with Gasteiger partial charge in [-0.25, -0.2) is 4.98 Å². The first-order chi connectivity index (χ1) is 5.68. The zero-order valence-corrected chi connectivity index (χ0v) is 7.07. The first kappa shape index (κ1) is 7.09. The minimum atomic E-state index is 0.741. The van der Waals surface area contributed by atoms with Gasteiger partial charge in [0.2, 0.25) is 0 Å². The van der Waals surface area contributed by atoms with Gasteiger partial charge < -0.3 is 5.73 Å². The van der Waals surface area contributed by atoms with Crippen LogP contribution in [0, 0.1) is 6.92 Å². The molecular weight excluding hydrogens is 152 g/mol. The first-order valence-corrected chi connectivity index (χ1v) is 3.73. The van der Waals surface area contributed by atoms with Crippen molar-refractivity contribution in [2.75, 3.05) is 5.73 Å². The molecule has 0 saturated carbocycles. The molecule has 0 atom stereocenters. The van der Waals surface area contributed by atoms with Gasteiger partial charge >= 0.3 is 0 Å². The Labute approximate surface area is 70.0 Å². The highest BCUT2D eigenvalue weighted by Gasteiger charge is 2.04. The van der Waals surface area contributed by atoms with E-state index in [-0.39, 0.29) is 0 Å². The fourth-order valence-corrected chi connectivity index (χ4v) is 1.27. The number of aromatic nitrogens is 3. The summed E-state index contributed by atoms with van der Waals surface area (Å²) in [5.74, 6) is 0. The van der Waals surface area contributed by atoms with Gasteiger partial charge in [0.25, 0.3) is 0 Å². The maximum atomic E-state index is 5.78. The van der Waals surface area contributed by atoms with Gasteiger partial charge in [-0.15, -0.1) is 0 Å². The van der Waals surface area contributed by atoms with Crippen molar-refractivity contribution in [1.29, 1.82) is 0 Å². The fraction of sp³-hybridized carbons (Fsp3) is 0.250. The van der Waals surface area contributed by atoms with Crippen LogP contribution in [-0.2, 0) is 7.05 Å². The molecule has 2 aromatic heterocycles. The standard InChI is InChI=1S/C8H10N4/c1-5-3-7(9)6-4-10-12(2)8(6)11-5/h3-4H,1-2H3,(H2,9,11). The molecule has 2 heterocycles. The van der Waals surface area contributed by atoms with Crippen molar-refractivity contribution in [3.8, 4) is 0 Å². The van der Waals surface area contributed by atoms with Gasteiger partial charge in [0.05, 0.1) is 11.6 Å². The van der Waals surface area contributed by atoms with Crippen molar-refractivity contribution in [2.24, 2.45) is 7.05 Å². The van der Waals surface area contributed by atoms with E-state index in [9.17, 15) is 0 Å². The molecule has 2 N–H and O–H groups in total. The van der Waals surface area contributed by atoms with Crippen LogP contribution in [0.25, 0.3) is 11.0 Å². The topological polar surface area (TPSA) is 56.7 Å². The molecule has 62 valence electrons. The molecular formula is C8H10N4. The summed E-state index contributed by atoms with van der Waals surface area (Å²) in [6, 6.07) is 1.85. The molecule has 0 aliphatic heterocycles. The molecule has 0 unspecified atom stereocenters. The molecule has 12 heavy (non-hydrogen) atoms. The van der Waals surface area contributed by atoms with Gasteiger partial charge in [0.1, 0.15) is 0 Å². The summed E-state index contributed by atoms with van der Waals surface area (Å²) in [6.45, 7) is 1.92. The van der Waals surface area contributed by atoms with Crippen LogP contribution in [0.2, 0.25) is 0 Å². The number of aryl methyl sites for hydroxylation is 2. The van der Waals surface area contributed by atoms with Crippen molar-refractivity contribution in [1.82, 2.24) is 14.8 Å². The van der Waals surface area contributed by atoms with E-state index in [0.717, 1.165) is 22.4 Å². The second-order valence-electron chi connectivity index (χ2n) is 2.86. The second kappa shape index (κ2) is 2.20. The third-order valence-corrected chi connectivity index (χ3v) is 1.87. The Morgan fingerprint density at radius 1 is 1.50 bits per heavy atom. The van der Waals surface area contributed by atoms with E-state index in [1.165, 1.54) is 0 Å². The zero-order valence-electron chi connectivity index (χ0n) is 7.07. The minimum absolute atomic E-state index is 0.741. The lowest BCUT2D eigenvalue weighted by Crippen LogP contribution is -1.95. The molecule has 0 amide bonds. The summed E-state index contributed by atoms with van der Waals surface area (Å²) in [6.07, 6.45) is 1.73. The molecule has 0 spiro atoms. The lowest BCUT2D eigenvalue weighted by Gasteiger charge is -1.98. The van der Waals surface area contributed by atoms with Crippen LogP contribution in [-0.4, -0.2) is 14.8 Å². The normalized spacial score (nSPS) is 10.8. The summed E-state index contributed by atoms with van der Waals surface area (Å²) in [7, 11) is 1.86. The number of hydrogen-bond donors (Lipinski definition) is 1. The van der Waals surface area contributed by atoms with Gasteiger partial charge in [-0.1, -0.05) is 0 Å². The fourth-order valence-electron chi connectivity index (χ4n) is 1.27. The summed E-state index contributed by atoms with van der Waals surface area (Å²) in [4.78, 5) is 4.32. The van der Waals surface area contributed by atoms with E-state index in [0.29, 0.717) is 0 Å². The second-order valence-corrected chi connectivity index (χ2v) is 2.86. The first-order valence-electron chi connectivity index (χ1n) is 3.73. The van der Waals surface area contributed by atoms with E-state index in [1.807, 2.05) is 20.0 Å². The Morgan fingerprint density at radius 2 is 2.25 bits per heavy atom. The maximum absolute atomic E-state index is 5.78. The van der Waals surface area contributed by atoms with Crippen LogP contribution in [0.3, 0.4) is 0 Å². The summed E-state index contributed by atoms with van der Waals surface area (Å²) < 4.78 is 1.72. The molecule has 0 aliphatic carbocycles. The maximum Gasteiger partial charge on any atom is 0.159 e. The number of pyridine rings is 1. The third kappa shape index (κ3) is 0.845. The molecule has 0 bridgehead atoms. The third-order valence-electron chi connectivity index (χ3n) is 1.87. The van der Waals surface area contributed by atoms with E-state index < -0.39 is 0 Å². The van der Waals surface area contributed by atoms with E-state index in [2.05, 4.69) is 10.1 Å². The predicted octanol–water partition coefficient (Wildman–Crippen LogP) is 0.859. The van der Waals surface area contributed by atoms with Crippen molar-refractivity contribution < 1.29 is 0 Å². The molecule has 0 fully saturated rings. The number of anilines is 1. The number of nitrogens with two attached hydrogens (primary N) is 1. The molecule has 0 saturated heterocycles. The number of fused-ring (bicyclic) bond motifs is 1. The number of nitrogens with zero attached hydrogens (tertiary/aromatic N) is 3. The molecule has 2 aromatic rings. The molecule has 0 aliphatic rings. The van der Waals surface area contributed by atoms with Crippen molar-refractivity contribution in [3.05, 3.63) is 18.0 Å². The Balaban J connectivity index is 2.92. The summed E-state index contributed by atoms with van der Waals surface area (Å²) in [5, 5.41) is 4.99. The molecule has 4 nitrogen and oxygen atoms in total. The lowest BCUT2D eigenvalue weighted by atomic mass is 10.2. The van der Waals surface area contributed by atoms with Gasteiger partial charge in [0, 0.05) is 18.4 Å². The van der Waals surface area contributed by atoms with Crippen LogP contribution >= 0.6 is 0 Å². The molecule has 2 rings (SSSR count). The van der Waals surface area contributed by atoms with Gasteiger partial charge in [-0.2, -0.15) is 5.10 Å². The number of hydrogen-bond acceptors (Lipinski definition) is 3. The molecule has 0 aromatic carbocycles. The SMILES string of the molecule is Cc1cc(N)c2cnn(C)c2n1. The van der Waals surface area contributed by atoms with E-state index >= 15 is 0 Å². The Kier molecular flexibility index (Phi) is 1.30. The van der Waals surface area contributed by atoms with E-state index in [4.69, 9.17) is 5.73 Å². The van der Waals surface area contributed by atoms with Crippen LogP contribution < -0.4 is 5.73 Å². The average Bonchev–Trinajstić information content (AvgIpc) is 2.33. The highest BCUT2D eigenvalue weighted by atomic mass is 15.3. The van der Waals surface area contributed by atoms with Gasteiger partial charge in [0.15, 0.2) is 5.65 Å². The van der Waals surface area contributed by atoms with E-state index in [1.54, 1.807) is 10.9 Å². The molecule has 0 radical (unpaired) electrons. The van der Waals surface area contributed by atoms with Crippen LogP contribution in [0.1, 0.15) is 5.69 Å². The Bertz CT molecular complexity index is 430. The smallest absolute Gasteiger partial charge is 0.159 e. The van der Waals surface area contributed by atoms with Crippen molar-refractivity contribution in [2.45, 2.75) is 6.92 Å². The predicted molar refractivity (Wildman–Crippen MR) is 47.7 cm³/mol. The van der Waals surface area contributed by atoms with Crippen molar-refractivity contribution in [3.63, 3.8) is 0 Å². The lowest BCUT2D eigenvalue weighted by molar-refractivity contribution is 0.785. The quantitative estimate of drug-likeness (QED) is 0.625. The van der Waals surface area contributed by atoms with Gasteiger partial charge in [-0.05, 0) is 13.0 Å². The van der Waals surface area contributed by atoms with Gasteiger partial charge in [-0.3, -0.25) is 4.68 Å². The van der Waals surface area contributed by atoms with Crippen LogP contribution in [0.15, 0.2) is 12.3 Å². The summed E-state index contributed by atoms with van der Waals surface area (Å²) >= 11 is 0. The number of rotatable bonds is 0. The highest BCUT2D eigenvalue weighted by Crippen LogP contribution is 2.18. The highest BCUT2D eigenvalue weighted by molar-refractivity contribution is 5.87. The Morgan fingerprint density at radius 3 is 3.00 bits per heavy atom. The summed E-state index contributed by atoms with van der Waals surface area (Å²) in [5.41, 5.74) is 8.28. The van der Waals surface area contributed by atoms with Crippen LogP contribution in [0.5, 0.6) is 0 Å².